The number of nitrogens with one attached hydrogen (secondary N) is 1. The van der Waals surface area contributed by atoms with Crippen LogP contribution in [0, 0.1) is 18.2 Å². The topological polar surface area (TPSA) is 27.1 Å². The molecular formula is C15H12BrFN2. The van der Waals surface area contributed by atoms with Gasteiger partial charge >= 0.3 is 0 Å². The van der Waals surface area contributed by atoms with Gasteiger partial charge in [-0.3, -0.25) is 5.41 Å². The Morgan fingerprint density at radius 3 is 2.84 bits per heavy atom. The van der Waals surface area contributed by atoms with Gasteiger partial charge in [-0.1, -0.05) is 18.2 Å². The monoisotopic (exact) mass is 318 g/mol. The molecule has 0 amide bonds. The molecule has 96 valence electrons. The molecular weight excluding hydrogens is 307 g/mol. The molecule has 0 spiro atoms. The summed E-state index contributed by atoms with van der Waals surface area (Å²) in [7, 11) is 0. The quantitative estimate of drug-likeness (QED) is 0.836. The Bertz CT molecular complexity index is 682. The molecule has 0 aliphatic carbocycles. The zero-order valence-electron chi connectivity index (χ0n) is 10.4. The van der Waals surface area contributed by atoms with Crippen LogP contribution in [0.2, 0.25) is 0 Å². The van der Waals surface area contributed by atoms with Crippen molar-refractivity contribution in [3.05, 3.63) is 63.4 Å². The Hall–Kier alpha value is -1.68. The smallest absolute Gasteiger partial charge is 0.133 e. The second-order valence-corrected chi connectivity index (χ2v) is 5.44. The summed E-state index contributed by atoms with van der Waals surface area (Å²) in [5, 5.41) is 8.23. The fourth-order valence-electron chi connectivity index (χ4n) is 2.35. The Kier molecular flexibility index (Phi) is 2.90. The van der Waals surface area contributed by atoms with Crippen LogP contribution in [0.15, 0.2) is 40.9 Å². The van der Waals surface area contributed by atoms with Crippen LogP contribution in [-0.4, -0.2) is 5.84 Å². The molecule has 1 heterocycles. The van der Waals surface area contributed by atoms with Gasteiger partial charge in [0.15, 0.2) is 0 Å². The first-order valence-electron chi connectivity index (χ1n) is 5.98. The molecule has 0 atom stereocenters. The molecule has 0 saturated carbocycles. The summed E-state index contributed by atoms with van der Waals surface area (Å²) in [4.78, 5) is 1.89. The zero-order chi connectivity index (χ0) is 13.6. The summed E-state index contributed by atoms with van der Waals surface area (Å²) in [6, 6.07) is 10.6. The summed E-state index contributed by atoms with van der Waals surface area (Å²) >= 11 is 3.56. The van der Waals surface area contributed by atoms with Crippen molar-refractivity contribution in [1.82, 2.24) is 0 Å². The fraction of sp³-hybridized carbons (Fsp3) is 0.133. The fourth-order valence-corrected chi connectivity index (χ4v) is 2.83. The largest absolute Gasteiger partial charge is 0.321 e. The average Bonchev–Trinajstić information content (AvgIpc) is 2.70. The SMILES string of the molecule is Cc1cccc(N2Cc3ccc(F)cc3C2=N)c1Br. The lowest BCUT2D eigenvalue weighted by molar-refractivity contribution is 0.627. The molecule has 2 aromatic rings. The van der Waals surface area contributed by atoms with Gasteiger partial charge < -0.3 is 4.90 Å². The number of benzene rings is 2. The molecule has 2 nitrogen and oxygen atoms in total. The highest BCUT2D eigenvalue weighted by Gasteiger charge is 2.27. The molecule has 2 aromatic carbocycles. The zero-order valence-corrected chi connectivity index (χ0v) is 12.0. The van der Waals surface area contributed by atoms with Crippen molar-refractivity contribution < 1.29 is 4.39 Å². The number of fused-ring (bicyclic) bond motifs is 1. The van der Waals surface area contributed by atoms with Gasteiger partial charge in [0.2, 0.25) is 0 Å². The average molecular weight is 319 g/mol. The second-order valence-electron chi connectivity index (χ2n) is 4.64. The number of amidine groups is 1. The maximum atomic E-state index is 13.3. The second kappa shape index (κ2) is 4.46. The number of rotatable bonds is 1. The maximum Gasteiger partial charge on any atom is 0.133 e. The van der Waals surface area contributed by atoms with Gasteiger partial charge in [0.25, 0.3) is 0 Å². The van der Waals surface area contributed by atoms with Crippen LogP contribution >= 0.6 is 15.9 Å². The molecule has 1 aliphatic heterocycles. The third kappa shape index (κ3) is 1.96. The lowest BCUT2D eigenvalue weighted by Gasteiger charge is -2.20. The molecule has 19 heavy (non-hydrogen) atoms. The number of halogens is 2. The van der Waals surface area contributed by atoms with E-state index in [0.717, 1.165) is 21.3 Å². The number of hydrogen-bond acceptors (Lipinski definition) is 1. The lowest BCUT2D eigenvalue weighted by atomic mass is 10.1. The molecule has 0 saturated heterocycles. The van der Waals surface area contributed by atoms with Gasteiger partial charge in [0, 0.05) is 10.0 Å². The highest BCUT2D eigenvalue weighted by molar-refractivity contribution is 9.10. The molecule has 1 aliphatic rings. The predicted molar refractivity (Wildman–Crippen MR) is 78.3 cm³/mol. The molecule has 0 aromatic heterocycles. The van der Waals surface area contributed by atoms with E-state index < -0.39 is 0 Å². The van der Waals surface area contributed by atoms with Gasteiger partial charge in [-0.2, -0.15) is 0 Å². The number of anilines is 1. The molecule has 1 N–H and O–H groups in total. The first-order valence-corrected chi connectivity index (χ1v) is 6.77. The Balaban J connectivity index is 2.07. The first kappa shape index (κ1) is 12.4. The van der Waals surface area contributed by atoms with Crippen LogP contribution < -0.4 is 4.90 Å². The Morgan fingerprint density at radius 1 is 1.26 bits per heavy atom. The Labute approximate surface area is 119 Å². The van der Waals surface area contributed by atoms with Crippen LogP contribution in [0.3, 0.4) is 0 Å². The third-order valence-corrected chi connectivity index (χ3v) is 4.42. The van der Waals surface area contributed by atoms with Gasteiger partial charge in [-0.05, 0) is 52.2 Å². The maximum absolute atomic E-state index is 13.3. The van der Waals surface area contributed by atoms with Crippen molar-refractivity contribution in [2.45, 2.75) is 13.5 Å². The molecule has 0 radical (unpaired) electrons. The number of nitrogens with zero attached hydrogens (tertiary/aromatic N) is 1. The van der Waals surface area contributed by atoms with E-state index in [9.17, 15) is 4.39 Å². The van der Waals surface area contributed by atoms with E-state index in [1.807, 2.05) is 30.0 Å². The summed E-state index contributed by atoms with van der Waals surface area (Å²) in [6.45, 7) is 2.62. The van der Waals surface area contributed by atoms with Crippen molar-refractivity contribution in [3.63, 3.8) is 0 Å². The van der Waals surface area contributed by atoms with Crippen LogP contribution in [0.25, 0.3) is 0 Å². The highest BCUT2D eigenvalue weighted by atomic mass is 79.9. The van der Waals surface area contributed by atoms with E-state index in [1.165, 1.54) is 12.1 Å². The van der Waals surface area contributed by atoms with Gasteiger partial charge in [-0.15, -0.1) is 0 Å². The van der Waals surface area contributed by atoms with Crippen molar-refractivity contribution in [3.8, 4) is 0 Å². The van der Waals surface area contributed by atoms with Crippen LogP contribution in [-0.2, 0) is 6.54 Å². The molecule has 0 fully saturated rings. The standard InChI is InChI=1S/C15H12BrFN2/c1-9-3-2-4-13(14(9)16)19-8-10-5-6-11(17)7-12(10)15(19)18/h2-7,18H,8H2,1H3. The van der Waals surface area contributed by atoms with E-state index >= 15 is 0 Å². The van der Waals surface area contributed by atoms with Gasteiger partial charge in [-0.25, -0.2) is 4.39 Å². The summed E-state index contributed by atoms with van der Waals surface area (Å²) < 4.78 is 14.3. The summed E-state index contributed by atoms with van der Waals surface area (Å²) in [5.74, 6) is 0.0504. The van der Waals surface area contributed by atoms with Crippen LogP contribution in [0.1, 0.15) is 16.7 Å². The molecule has 3 rings (SSSR count). The summed E-state index contributed by atoms with van der Waals surface area (Å²) in [6.07, 6.45) is 0. The van der Waals surface area contributed by atoms with E-state index in [2.05, 4.69) is 15.9 Å². The minimum atomic E-state index is -0.298. The predicted octanol–water partition coefficient (Wildman–Crippen LogP) is 4.24. The van der Waals surface area contributed by atoms with E-state index in [0.29, 0.717) is 17.9 Å². The van der Waals surface area contributed by atoms with E-state index in [4.69, 9.17) is 5.41 Å². The molecule has 0 unspecified atom stereocenters. The van der Waals surface area contributed by atoms with Crippen molar-refractivity contribution >= 4 is 27.5 Å². The Morgan fingerprint density at radius 2 is 2.05 bits per heavy atom. The third-order valence-electron chi connectivity index (χ3n) is 3.39. The first-order chi connectivity index (χ1) is 9.08. The lowest BCUT2D eigenvalue weighted by Crippen LogP contribution is -2.23. The molecule has 0 bridgehead atoms. The minimum absolute atomic E-state index is 0.298. The van der Waals surface area contributed by atoms with Crippen molar-refractivity contribution in [2.24, 2.45) is 0 Å². The molecule has 4 heteroatoms. The summed E-state index contributed by atoms with van der Waals surface area (Å²) in [5.41, 5.74) is 3.72. The van der Waals surface area contributed by atoms with E-state index in [-0.39, 0.29) is 5.82 Å². The van der Waals surface area contributed by atoms with Gasteiger partial charge in [0.1, 0.15) is 11.7 Å². The minimum Gasteiger partial charge on any atom is -0.321 e. The number of hydrogen-bond donors (Lipinski definition) is 1. The van der Waals surface area contributed by atoms with E-state index in [1.54, 1.807) is 6.07 Å². The normalized spacial score (nSPS) is 13.8. The van der Waals surface area contributed by atoms with Crippen LogP contribution in [0.4, 0.5) is 10.1 Å². The van der Waals surface area contributed by atoms with Crippen molar-refractivity contribution in [1.29, 1.82) is 5.41 Å². The van der Waals surface area contributed by atoms with Crippen LogP contribution in [0.5, 0.6) is 0 Å². The highest BCUT2D eigenvalue weighted by Crippen LogP contribution is 2.35. The van der Waals surface area contributed by atoms with Gasteiger partial charge in [0.05, 0.1) is 12.2 Å². The number of aryl methyl sites for hydroxylation is 1. The van der Waals surface area contributed by atoms with Crippen molar-refractivity contribution in [2.75, 3.05) is 4.90 Å².